The van der Waals surface area contributed by atoms with E-state index in [-0.39, 0.29) is 17.7 Å². The fraction of sp³-hybridized carbons (Fsp3) is 0.500. The van der Waals surface area contributed by atoms with Gasteiger partial charge in [-0.25, -0.2) is 0 Å². The van der Waals surface area contributed by atoms with E-state index in [1.807, 2.05) is 17.0 Å². The summed E-state index contributed by atoms with van der Waals surface area (Å²) in [7, 11) is 0. The summed E-state index contributed by atoms with van der Waals surface area (Å²) in [6.45, 7) is 3.59. The highest BCUT2D eigenvalue weighted by Crippen LogP contribution is 2.33. The summed E-state index contributed by atoms with van der Waals surface area (Å²) < 4.78 is 0. The van der Waals surface area contributed by atoms with E-state index < -0.39 is 0 Å². The molecule has 0 spiro atoms. The average Bonchev–Trinajstić information content (AvgIpc) is 3.34. The molecule has 2 saturated heterocycles. The topological polar surface area (TPSA) is 52.7 Å². The van der Waals surface area contributed by atoms with Crippen molar-refractivity contribution in [1.29, 1.82) is 0 Å². The second-order valence-electron chi connectivity index (χ2n) is 9.97. The van der Waals surface area contributed by atoms with Gasteiger partial charge in [0.1, 0.15) is 0 Å². The Morgan fingerprint density at radius 3 is 2.24 bits per heavy atom. The van der Waals surface area contributed by atoms with E-state index in [9.17, 15) is 9.59 Å². The highest BCUT2D eigenvalue weighted by atomic mass is 16.2. The zero-order valence-corrected chi connectivity index (χ0v) is 19.5. The monoisotopic (exact) mass is 445 g/mol. The minimum Gasteiger partial charge on any atom is -0.371 e. The molecule has 3 aliphatic rings. The van der Waals surface area contributed by atoms with Crippen molar-refractivity contribution >= 4 is 23.2 Å². The lowest BCUT2D eigenvalue weighted by atomic mass is 9.85. The Hall–Kier alpha value is -2.82. The van der Waals surface area contributed by atoms with Crippen LogP contribution in [0.1, 0.15) is 60.9 Å². The van der Waals surface area contributed by atoms with Gasteiger partial charge in [-0.15, -0.1) is 0 Å². The van der Waals surface area contributed by atoms with Crippen LogP contribution in [-0.2, 0) is 11.2 Å². The van der Waals surface area contributed by atoms with Crippen LogP contribution < -0.4 is 10.2 Å². The maximum Gasteiger partial charge on any atom is 0.256 e. The fourth-order valence-electron chi connectivity index (χ4n) is 5.39. The number of carbonyl (C=O) groups excluding carboxylic acids is 2. The van der Waals surface area contributed by atoms with Gasteiger partial charge < -0.3 is 15.1 Å². The number of benzene rings is 2. The van der Waals surface area contributed by atoms with Crippen LogP contribution >= 0.6 is 0 Å². The Balaban J connectivity index is 1.31. The van der Waals surface area contributed by atoms with Crippen LogP contribution in [0.15, 0.2) is 48.5 Å². The maximum absolute atomic E-state index is 13.4. The number of piperidine rings is 1. The predicted molar refractivity (Wildman–Crippen MR) is 133 cm³/mol. The van der Waals surface area contributed by atoms with Gasteiger partial charge in [0, 0.05) is 43.5 Å². The highest BCUT2D eigenvalue weighted by Gasteiger charge is 2.28. The normalized spacial score (nSPS) is 19.4. The number of hydrogen-bond acceptors (Lipinski definition) is 3. The molecule has 3 fully saturated rings. The molecule has 1 aliphatic carbocycles. The van der Waals surface area contributed by atoms with Crippen LogP contribution in [0.4, 0.5) is 11.4 Å². The second kappa shape index (κ2) is 9.98. The van der Waals surface area contributed by atoms with Crippen molar-refractivity contribution in [2.24, 2.45) is 11.8 Å². The average molecular weight is 446 g/mol. The molecule has 33 heavy (non-hydrogen) atoms. The molecular weight excluding hydrogens is 410 g/mol. The minimum atomic E-state index is 0.0929. The molecule has 0 radical (unpaired) electrons. The second-order valence-corrected chi connectivity index (χ2v) is 9.97. The number of likely N-dealkylation sites (tertiary alicyclic amines) is 1. The molecule has 1 N–H and O–H groups in total. The largest absolute Gasteiger partial charge is 0.371 e. The lowest BCUT2D eigenvalue weighted by Gasteiger charge is -2.35. The molecular formula is C28H35N3O2. The van der Waals surface area contributed by atoms with Gasteiger partial charge in [-0.2, -0.15) is 0 Å². The summed E-state index contributed by atoms with van der Waals surface area (Å²) in [4.78, 5) is 30.3. The molecule has 5 heteroatoms. The number of anilines is 2. The van der Waals surface area contributed by atoms with E-state index in [1.165, 1.54) is 5.56 Å². The molecule has 1 saturated carbocycles. The molecule has 5 rings (SSSR count). The van der Waals surface area contributed by atoms with E-state index in [0.717, 1.165) is 94.5 Å². The number of nitrogens with one attached hydrogen (secondary N) is 1. The van der Waals surface area contributed by atoms with E-state index in [1.54, 1.807) is 0 Å². The molecule has 0 atom stereocenters. The van der Waals surface area contributed by atoms with Crippen molar-refractivity contribution in [3.63, 3.8) is 0 Å². The Morgan fingerprint density at radius 2 is 1.58 bits per heavy atom. The van der Waals surface area contributed by atoms with Crippen LogP contribution in [0.2, 0.25) is 0 Å². The Labute approximate surface area is 197 Å². The smallest absolute Gasteiger partial charge is 0.256 e. The van der Waals surface area contributed by atoms with Crippen LogP contribution in [0.5, 0.6) is 0 Å². The van der Waals surface area contributed by atoms with E-state index >= 15 is 0 Å². The van der Waals surface area contributed by atoms with Gasteiger partial charge in [-0.3, -0.25) is 9.59 Å². The maximum atomic E-state index is 13.4. The van der Waals surface area contributed by atoms with Gasteiger partial charge in [0.05, 0.1) is 5.56 Å². The molecule has 0 unspecified atom stereocenters. The van der Waals surface area contributed by atoms with Crippen LogP contribution in [0.3, 0.4) is 0 Å². The first-order valence-electron chi connectivity index (χ1n) is 12.7. The Kier molecular flexibility index (Phi) is 6.65. The van der Waals surface area contributed by atoms with Crippen molar-refractivity contribution in [2.45, 2.75) is 51.4 Å². The predicted octanol–water partition coefficient (Wildman–Crippen LogP) is 5.12. The van der Waals surface area contributed by atoms with Gasteiger partial charge in [0.25, 0.3) is 5.91 Å². The molecule has 2 heterocycles. The third-order valence-corrected chi connectivity index (χ3v) is 7.69. The summed E-state index contributed by atoms with van der Waals surface area (Å²) in [6, 6.07) is 16.7. The van der Waals surface area contributed by atoms with Gasteiger partial charge in [-0.05, 0) is 74.6 Å². The Bertz CT molecular complexity index is 972. The van der Waals surface area contributed by atoms with Gasteiger partial charge in [0.15, 0.2) is 0 Å². The number of nitrogens with zero attached hydrogens (tertiary/aromatic N) is 2. The van der Waals surface area contributed by atoms with Crippen LogP contribution in [-0.4, -0.2) is 42.9 Å². The third kappa shape index (κ3) is 5.07. The molecule has 0 aromatic heterocycles. The SMILES string of the molecule is O=C(Nc1ccc(N2CCC(Cc3ccccc3)CC2)c(C(=O)N2CCCC2)c1)C1CCC1. The van der Waals surface area contributed by atoms with Crippen molar-refractivity contribution in [3.05, 3.63) is 59.7 Å². The standard InChI is InChI=1S/C28H35N3O2/c32-27(23-9-6-10-23)29-24-11-12-26(25(20-24)28(33)31-15-4-5-16-31)30-17-13-22(14-18-30)19-21-7-2-1-3-8-21/h1-3,7-8,11-12,20,22-23H,4-6,9-10,13-19H2,(H,29,32). The number of rotatable bonds is 6. The van der Waals surface area contributed by atoms with Crippen molar-refractivity contribution < 1.29 is 9.59 Å². The number of hydrogen-bond donors (Lipinski definition) is 1. The lowest BCUT2D eigenvalue weighted by Crippen LogP contribution is -2.37. The summed E-state index contributed by atoms with van der Waals surface area (Å²) in [5, 5.41) is 3.07. The molecule has 5 nitrogen and oxygen atoms in total. The fourth-order valence-corrected chi connectivity index (χ4v) is 5.39. The summed E-state index contributed by atoms with van der Waals surface area (Å²) in [6.07, 6.45) is 8.62. The third-order valence-electron chi connectivity index (χ3n) is 7.69. The molecule has 2 aromatic rings. The van der Waals surface area contributed by atoms with Crippen molar-refractivity contribution in [1.82, 2.24) is 4.90 Å². The van der Waals surface area contributed by atoms with Gasteiger partial charge in [0.2, 0.25) is 5.91 Å². The van der Waals surface area contributed by atoms with Gasteiger partial charge in [-0.1, -0.05) is 36.8 Å². The zero-order chi connectivity index (χ0) is 22.6. The van der Waals surface area contributed by atoms with Crippen LogP contribution in [0, 0.1) is 11.8 Å². The lowest BCUT2D eigenvalue weighted by molar-refractivity contribution is -0.122. The van der Waals surface area contributed by atoms with E-state index in [0.29, 0.717) is 5.92 Å². The first-order valence-corrected chi connectivity index (χ1v) is 12.7. The summed E-state index contributed by atoms with van der Waals surface area (Å²) in [5.41, 5.74) is 3.92. The molecule has 2 aliphatic heterocycles. The van der Waals surface area contributed by atoms with E-state index in [4.69, 9.17) is 0 Å². The summed E-state index contributed by atoms with van der Waals surface area (Å²) >= 11 is 0. The highest BCUT2D eigenvalue weighted by molar-refractivity contribution is 6.02. The molecule has 0 bridgehead atoms. The van der Waals surface area contributed by atoms with Crippen LogP contribution in [0.25, 0.3) is 0 Å². The molecule has 2 aromatic carbocycles. The molecule has 174 valence electrons. The number of amides is 2. The first-order chi connectivity index (χ1) is 16.2. The van der Waals surface area contributed by atoms with Crippen molar-refractivity contribution in [3.8, 4) is 0 Å². The number of carbonyl (C=O) groups is 2. The molecule has 2 amide bonds. The van der Waals surface area contributed by atoms with E-state index in [2.05, 4.69) is 46.6 Å². The minimum absolute atomic E-state index is 0.0929. The summed E-state index contributed by atoms with van der Waals surface area (Å²) in [5.74, 6) is 1.01. The van der Waals surface area contributed by atoms with Crippen molar-refractivity contribution in [2.75, 3.05) is 36.4 Å². The zero-order valence-electron chi connectivity index (χ0n) is 19.5. The van der Waals surface area contributed by atoms with Gasteiger partial charge >= 0.3 is 0 Å². The quantitative estimate of drug-likeness (QED) is 0.671. The Morgan fingerprint density at radius 1 is 0.848 bits per heavy atom. The first kappa shape index (κ1) is 22.0.